The van der Waals surface area contributed by atoms with Crippen LogP contribution in [0.5, 0.6) is 5.75 Å². The van der Waals surface area contributed by atoms with E-state index in [1.54, 1.807) is 0 Å². The van der Waals surface area contributed by atoms with E-state index in [1.165, 1.54) is 0 Å². The van der Waals surface area contributed by atoms with Gasteiger partial charge in [-0.2, -0.15) is 0 Å². The predicted octanol–water partition coefficient (Wildman–Crippen LogP) is 3.61. The molecule has 0 spiro atoms. The second kappa shape index (κ2) is 4.74. The molecule has 0 aromatic heterocycles. The lowest BCUT2D eigenvalue weighted by Gasteiger charge is -2.56. The number of rotatable bonds is 2. The number of benzene rings is 1. The number of nitrogens with one attached hydrogen (secondary N) is 1. The van der Waals surface area contributed by atoms with Crippen LogP contribution in [0.4, 0.5) is 0 Å². The topological polar surface area (TPSA) is 24.5 Å². The minimum absolute atomic E-state index is 0.176. The molecule has 20 heavy (non-hydrogen) atoms. The van der Waals surface area contributed by atoms with Crippen molar-refractivity contribution in [3.63, 3.8) is 0 Å². The van der Waals surface area contributed by atoms with Crippen molar-refractivity contribution in [3.05, 3.63) is 40.9 Å². The molecule has 1 N–H and O–H groups in total. The summed E-state index contributed by atoms with van der Waals surface area (Å²) in [6.45, 7) is 8.78. The van der Waals surface area contributed by atoms with Crippen LogP contribution in [0.15, 0.2) is 35.3 Å². The van der Waals surface area contributed by atoms with E-state index < -0.39 is 5.72 Å². The summed E-state index contributed by atoms with van der Waals surface area (Å²) >= 11 is 9.09. The van der Waals surface area contributed by atoms with Crippen LogP contribution in [0.3, 0.4) is 0 Å². The van der Waals surface area contributed by atoms with Crippen LogP contribution in [0, 0.1) is 5.92 Å². The van der Waals surface area contributed by atoms with E-state index in [4.69, 9.17) is 17.0 Å². The third kappa shape index (κ3) is 1.79. The van der Waals surface area contributed by atoms with Crippen LogP contribution in [-0.4, -0.2) is 22.3 Å². The fraction of sp³-hybridized carbons (Fsp3) is 0.400. The highest BCUT2D eigenvalue weighted by Gasteiger charge is 2.53. The fourth-order valence-corrected chi connectivity index (χ4v) is 3.91. The van der Waals surface area contributed by atoms with Gasteiger partial charge in [-0.1, -0.05) is 25.1 Å². The molecule has 3 nitrogen and oxygen atoms in total. The molecule has 0 aliphatic carbocycles. The summed E-state index contributed by atoms with van der Waals surface area (Å²) in [5.41, 5.74) is 0.697. The van der Waals surface area contributed by atoms with Crippen molar-refractivity contribution >= 4 is 33.3 Å². The van der Waals surface area contributed by atoms with E-state index in [0.717, 1.165) is 20.9 Å². The Morgan fingerprint density at radius 2 is 2.35 bits per heavy atom. The largest absolute Gasteiger partial charge is 0.466 e. The summed E-state index contributed by atoms with van der Waals surface area (Å²) in [4.78, 5) is 2.07. The summed E-state index contributed by atoms with van der Waals surface area (Å²) in [6, 6.07) is 6.31. The van der Waals surface area contributed by atoms with Crippen LogP contribution in [0.1, 0.15) is 25.5 Å². The van der Waals surface area contributed by atoms with E-state index in [1.807, 2.05) is 18.2 Å². The predicted molar refractivity (Wildman–Crippen MR) is 87.7 cm³/mol. The van der Waals surface area contributed by atoms with Crippen molar-refractivity contribution in [2.24, 2.45) is 5.92 Å². The first kappa shape index (κ1) is 13.9. The third-order valence-electron chi connectivity index (χ3n) is 4.36. The molecule has 0 saturated carbocycles. The fourth-order valence-electron chi connectivity index (χ4n) is 3.07. The van der Waals surface area contributed by atoms with Gasteiger partial charge in [0.15, 0.2) is 10.8 Å². The number of ether oxygens (including phenoxy) is 1. The number of para-hydroxylation sites is 1. The summed E-state index contributed by atoms with van der Waals surface area (Å²) in [7, 11) is 0. The quantitative estimate of drug-likeness (QED) is 0.649. The maximum Gasteiger partial charge on any atom is 0.187 e. The Bertz CT molecular complexity index is 591. The van der Waals surface area contributed by atoms with Gasteiger partial charge in [0, 0.05) is 18.0 Å². The van der Waals surface area contributed by atoms with E-state index in [-0.39, 0.29) is 12.0 Å². The minimum Gasteiger partial charge on any atom is -0.466 e. The first-order valence-electron chi connectivity index (χ1n) is 6.65. The van der Waals surface area contributed by atoms with Gasteiger partial charge in [-0.25, -0.2) is 0 Å². The van der Waals surface area contributed by atoms with Gasteiger partial charge in [-0.3, -0.25) is 0 Å². The SMILES string of the molecule is C=CCN1C(=S)NC2c3cccc(Br)c3OC1(C)C2C. The first-order valence-corrected chi connectivity index (χ1v) is 7.85. The number of thiocarbonyl (C=S) groups is 1. The van der Waals surface area contributed by atoms with Crippen LogP contribution >= 0.6 is 28.1 Å². The van der Waals surface area contributed by atoms with Crippen LogP contribution in [0.2, 0.25) is 0 Å². The van der Waals surface area contributed by atoms with E-state index in [9.17, 15) is 0 Å². The summed E-state index contributed by atoms with van der Waals surface area (Å²) in [5.74, 6) is 1.18. The zero-order valence-electron chi connectivity index (χ0n) is 11.5. The molecule has 2 heterocycles. The molecule has 5 heteroatoms. The molecular weight excluding hydrogens is 336 g/mol. The van der Waals surface area contributed by atoms with Gasteiger partial charge in [0.05, 0.1) is 10.5 Å². The number of hydrogen-bond acceptors (Lipinski definition) is 2. The average Bonchev–Trinajstić information content (AvgIpc) is 2.41. The van der Waals surface area contributed by atoms with Crippen molar-refractivity contribution in [1.82, 2.24) is 10.2 Å². The smallest absolute Gasteiger partial charge is 0.187 e. The molecule has 2 aliphatic rings. The Balaban J connectivity index is 2.15. The maximum absolute atomic E-state index is 6.37. The van der Waals surface area contributed by atoms with Crippen molar-refractivity contribution < 1.29 is 4.74 Å². The van der Waals surface area contributed by atoms with Gasteiger partial charge in [0.1, 0.15) is 5.75 Å². The Hall–Kier alpha value is -1.07. The maximum atomic E-state index is 6.37. The molecule has 1 fully saturated rings. The Kier molecular flexibility index (Phi) is 3.29. The lowest BCUT2D eigenvalue weighted by Crippen LogP contribution is -2.68. The molecule has 3 atom stereocenters. The monoisotopic (exact) mass is 352 g/mol. The van der Waals surface area contributed by atoms with Gasteiger partial charge < -0.3 is 15.0 Å². The van der Waals surface area contributed by atoms with Gasteiger partial charge in [0.2, 0.25) is 0 Å². The minimum atomic E-state index is -0.460. The second-order valence-electron chi connectivity index (χ2n) is 5.43. The van der Waals surface area contributed by atoms with Gasteiger partial charge in [0.25, 0.3) is 0 Å². The van der Waals surface area contributed by atoms with Gasteiger partial charge in [-0.05, 0) is 41.1 Å². The number of fused-ring (bicyclic) bond motifs is 4. The highest BCUT2D eigenvalue weighted by molar-refractivity contribution is 9.10. The Morgan fingerprint density at radius 1 is 1.60 bits per heavy atom. The Morgan fingerprint density at radius 3 is 3.05 bits per heavy atom. The van der Waals surface area contributed by atoms with Crippen molar-refractivity contribution in [3.8, 4) is 5.75 Å². The lowest BCUT2D eigenvalue weighted by molar-refractivity contribution is -0.106. The molecule has 0 amide bonds. The summed E-state index contributed by atoms with van der Waals surface area (Å²) in [6.07, 6.45) is 1.85. The van der Waals surface area contributed by atoms with E-state index in [0.29, 0.717) is 6.54 Å². The molecule has 2 bridgehead atoms. The highest BCUT2D eigenvalue weighted by atomic mass is 79.9. The van der Waals surface area contributed by atoms with Crippen molar-refractivity contribution in [1.29, 1.82) is 0 Å². The molecule has 3 unspecified atom stereocenters. The van der Waals surface area contributed by atoms with Gasteiger partial charge in [-0.15, -0.1) is 6.58 Å². The zero-order valence-corrected chi connectivity index (χ0v) is 13.9. The highest BCUT2D eigenvalue weighted by Crippen LogP contribution is 2.49. The molecule has 1 saturated heterocycles. The van der Waals surface area contributed by atoms with Crippen LogP contribution in [0.25, 0.3) is 0 Å². The molecule has 1 aromatic carbocycles. The van der Waals surface area contributed by atoms with E-state index in [2.05, 4.69) is 52.6 Å². The zero-order chi connectivity index (χ0) is 14.5. The van der Waals surface area contributed by atoms with Gasteiger partial charge >= 0.3 is 0 Å². The molecule has 3 rings (SSSR count). The Labute approximate surface area is 133 Å². The lowest BCUT2D eigenvalue weighted by atomic mass is 9.81. The van der Waals surface area contributed by atoms with E-state index >= 15 is 0 Å². The molecule has 106 valence electrons. The van der Waals surface area contributed by atoms with Crippen molar-refractivity contribution in [2.75, 3.05) is 6.54 Å². The molecule has 2 aliphatic heterocycles. The third-order valence-corrected chi connectivity index (χ3v) is 5.32. The number of halogens is 1. The average molecular weight is 353 g/mol. The normalized spacial score (nSPS) is 31.1. The number of hydrogen-bond donors (Lipinski definition) is 1. The summed E-state index contributed by atoms with van der Waals surface area (Å²) < 4.78 is 7.35. The molecule has 0 radical (unpaired) electrons. The second-order valence-corrected chi connectivity index (χ2v) is 6.67. The standard InChI is InChI=1S/C15H17BrN2OS/c1-4-8-18-14(20)17-12-9(2)15(18,3)19-13-10(12)6-5-7-11(13)16/h4-7,9,12H,1,8H2,2-3H3,(H,17,20). The molecular formula is C15H17BrN2OS. The number of nitrogens with zero attached hydrogens (tertiary/aromatic N) is 1. The summed E-state index contributed by atoms with van der Waals surface area (Å²) in [5, 5.41) is 4.17. The van der Waals surface area contributed by atoms with Crippen molar-refractivity contribution in [2.45, 2.75) is 25.6 Å². The van der Waals surface area contributed by atoms with Crippen LogP contribution < -0.4 is 10.1 Å². The van der Waals surface area contributed by atoms with Crippen LogP contribution in [-0.2, 0) is 0 Å². The first-order chi connectivity index (χ1) is 9.49. The molecule has 1 aromatic rings.